The summed E-state index contributed by atoms with van der Waals surface area (Å²) in [6.45, 7) is 6.20. The SMILES string of the molecule is Cc1cc(C)c(-c2ccn3cc(C4CCCN(C)C4)nc3n2)c(O)c1. The van der Waals surface area contributed by atoms with Gasteiger partial charge in [-0.1, -0.05) is 6.07 Å². The Bertz CT molecular complexity index is 908. The van der Waals surface area contributed by atoms with E-state index in [9.17, 15) is 5.11 Å². The maximum absolute atomic E-state index is 10.4. The zero-order valence-corrected chi connectivity index (χ0v) is 15.0. The smallest absolute Gasteiger partial charge is 0.234 e. The predicted octanol–water partition coefficient (Wildman–Crippen LogP) is 3.53. The first kappa shape index (κ1) is 16.1. The van der Waals surface area contributed by atoms with E-state index < -0.39 is 0 Å². The lowest BCUT2D eigenvalue weighted by Gasteiger charge is -2.28. The van der Waals surface area contributed by atoms with Crippen LogP contribution in [0, 0.1) is 13.8 Å². The van der Waals surface area contributed by atoms with E-state index in [1.54, 1.807) is 6.07 Å². The maximum atomic E-state index is 10.4. The second-order valence-electron chi connectivity index (χ2n) is 7.26. The van der Waals surface area contributed by atoms with Gasteiger partial charge in [-0.25, -0.2) is 9.97 Å². The predicted molar refractivity (Wildman–Crippen MR) is 99.0 cm³/mol. The second kappa shape index (κ2) is 6.15. The van der Waals surface area contributed by atoms with Crippen molar-refractivity contribution in [3.05, 3.63) is 47.4 Å². The number of piperidine rings is 1. The molecular weight excluding hydrogens is 312 g/mol. The van der Waals surface area contributed by atoms with E-state index in [1.165, 1.54) is 12.8 Å². The highest BCUT2D eigenvalue weighted by Gasteiger charge is 2.22. The molecule has 3 aromatic rings. The van der Waals surface area contributed by atoms with Crippen molar-refractivity contribution < 1.29 is 5.11 Å². The van der Waals surface area contributed by atoms with E-state index in [4.69, 9.17) is 9.97 Å². The minimum absolute atomic E-state index is 0.273. The van der Waals surface area contributed by atoms with Gasteiger partial charge in [0.05, 0.1) is 11.4 Å². The molecule has 1 aliphatic rings. The molecule has 3 heterocycles. The van der Waals surface area contributed by atoms with E-state index in [0.717, 1.165) is 41.2 Å². The van der Waals surface area contributed by atoms with Gasteiger partial charge in [0.2, 0.25) is 5.78 Å². The molecule has 0 bridgehead atoms. The lowest BCUT2D eigenvalue weighted by molar-refractivity contribution is 0.249. The van der Waals surface area contributed by atoms with Crippen LogP contribution in [0.2, 0.25) is 0 Å². The molecule has 0 aliphatic carbocycles. The van der Waals surface area contributed by atoms with Crippen molar-refractivity contribution in [3.8, 4) is 17.0 Å². The fourth-order valence-electron chi connectivity index (χ4n) is 3.91. The molecule has 1 N–H and O–H groups in total. The number of fused-ring (bicyclic) bond motifs is 1. The van der Waals surface area contributed by atoms with Crippen LogP contribution in [0.5, 0.6) is 5.75 Å². The first-order chi connectivity index (χ1) is 12.0. The number of likely N-dealkylation sites (N-methyl/N-ethyl adjacent to an activating group) is 1. The number of likely N-dealkylation sites (tertiary alicyclic amines) is 1. The third-order valence-corrected chi connectivity index (χ3v) is 5.10. The van der Waals surface area contributed by atoms with Gasteiger partial charge in [0, 0.05) is 30.4 Å². The summed E-state index contributed by atoms with van der Waals surface area (Å²) in [6, 6.07) is 5.79. The summed E-state index contributed by atoms with van der Waals surface area (Å²) in [6.07, 6.45) is 6.47. The second-order valence-corrected chi connectivity index (χ2v) is 7.26. The van der Waals surface area contributed by atoms with Gasteiger partial charge >= 0.3 is 0 Å². The number of rotatable bonds is 2. The summed E-state index contributed by atoms with van der Waals surface area (Å²) in [5.74, 6) is 1.44. The van der Waals surface area contributed by atoms with Crippen molar-refractivity contribution in [3.63, 3.8) is 0 Å². The molecule has 25 heavy (non-hydrogen) atoms. The molecule has 0 amide bonds. The average Bonchev–Trinajstić information content (AvgIpc) is 2.97. The monoisotopic (exact) mass is 336 g/mol. The highest BCUT2D eigenvalue weighted by Crippen LogP contribution is 2.33. The lowest BCUT2D eigenvalue weighted by Crippen LogP contribution is -2.30. The number of hydrogen-bond acceptors (Lipinski definition) is 4. The van der Waals surface area contributed by atoms with E-state index in [1.807, 2.05) is 30.5 Å². The van der Waals surface area contributed by atoms with Crippen LogP contribution in [0.3, 0.4) is 0 Å². The number of imidazole rings is 1. The molecule has 4 rings (SSSR count). The number of aryl methyl sites for hydroxylation is 2. The van der Waals surface area contributed by atoms with Crippen LogP contribution in [0.15, 0.2) is 30.6 Å². The van der Waals surface area contributed by atoms with Gasteiger partial charge in [0.1, 0.15) is 5.75 Å². The van der Waals surface area contributed by atoms with Crippen molar-refractivity contribution >= 4 is 5.78 Å². The summed E-state index contributed by atoms with van der Waals surface area (Å²) >= 11 is 0. The number of benzene rings is 1. The third-order valence-electron chi connectivity index (χ3n) is 5.10. The standard InChI is InChI=1S/C20H24N4O/c1-13-9-14(2)19(18(25)10-13)16-6-8-24-12-17(22-20(24)21-16)15-5-4-7-23(3)11-15/h6,8-10,12,15,25H,4-5,7,11H2,1-3H3. The van der Waals surface area contributed by atoms with Crippen LogP contribution < -0.4 is 0 Å². The van der Waals surface area contributed by atoms with Gasteiger partial charge in [-0.15, -0.1) is 0 Å². The number of aromatic hydroxyl groups is 1. The molecule has 1 saturated heterocycles. The molecule has 0 saturated carbocycles. The van der Waals surface area contributed by atoms with Crippen LogP contribution in [0.25, 0.3) is 17.0 Å². The van der Waals surface area contributed by atoms with Gasteiger partial charge in [0.15, 0.2) is 0 Å². The van der Waals surface area contributed by atoms with E-state index in [2.05, 4.69) is 24.2 Å². The van der Waals surface area contributed by atoms with Gasteiger partial charge in [-0.2, -0.15) is 0 Å². The Labute approximate surface area is 148 Å². The molecule has 5 nitrogen and oxygen atoms in total. The van der Waals surface area contributed by atoms with Gasteiger partial charge in [-0.05, 0) is 63.5 Å². The molecule has 5 heteroatoms. The van der Waals surface area contributed by atoms with E-state index in [0.29, 0.717) is 11.7 Å². The first-order valence-corrected chi connectivity index (χ1v) is 8.86. The summed E-state index contributed by atoms with van der Waals surface area (Å²) in [5.41, 5.74) is 4.73. The number of phenols is 1. The summed E-state index contributed by atoms with van der Waals surface area (Å²) in [5, 5.41) is 10.4. The number of hydrogen-bond donors (Lipinski definition) is 1. The molecule has 0 radical (unpaired) electrons. The fourth-order valence-corrected chi connectivity index (χ4v) is 3.91. The Hall–Kier alpha value is -2.40. The number of nitrogens with zero attached hydrogens (tertiary/aromatic N) is 4. The van der Waals surface area contributed by atoms with Crippen LogP contribution >= 0.6 is 0 Å². The zero-order valence-electron chi connectivity index (χ0n) is 15.0. The Balaban J connectivity index is 1.74. The molecule has 1 aliphatic heterocycles. The Morgan fingerprint density at radius 3 is 2.80 bits per heavy atom. The van der Waals surface area contributed by atoms with Crippen molar-refractivity contribution in [2.24, 2.45) is 0 Å². The Morgan fingerprint density at radius 1 is 1.20 bits per heavy atom. The summed E-state index contributed by atoms with van der Waals surface area (Å²) < 4.78 is 1.98. The van der Waals surface area contributed by atoms with Gasteiger partial charge in [0.25, 0.3) is 0 Å². The third kappa shape index (κ3) is 3.00. The lowest BCUT2D eigenvalue weighted by atomic mass is 9.96. The van der Waals surface area contributed by atoms with E-state index in [-0.39, 0.29) is 5.75 Å². The van der Waals surface area contributed by atoms with Crippen molar-refractivity contribution in [2.75, 3.05) is 20.1 Å². The topological polar surface area (TPSA) is 53.7 Å². The summed E-state index contributed by atoms with van der Waals surface area (Å²) in [4.78, 5) is 11.9. The van der Waals surface area contributed by atoms with Crippen LogP contribution in [0.1, 0.15) is 35.6 Å². The molecule has 1 fully saturated rings. The molecule has 130 valence electrons. The van der Waals surface area contributed by atoms with Gasteiger partial charge < -0.3 is 10.0 Å². The van der Waals surface area contributed by atoms with Crippen molar-refractivity contribution in [2.45, 2.75) is 32.6 Å². The van der Waals surface area contributed by atoms with Crippen molar-refractivity contribution in [1.29, 1.82) is 0 Å². The molecule has 1 aromatic carbocycles. The molecular formula is C20H24N4O. The Morgan fingerprint density at radius 2 is 2.04 bits per heavy atom. The zero-order chi connectivity index (χ0) is 17.6. The van der Waals surface area contributed by atoms with Crippen LogP contribution in [0.4, 0.5) is 0 Å². The van der Waals surface area contributed by atoms with E-state index >= 15 is 0 Å². The highest BCUT2D eigenvalue weighted by atomic mass is 16.3. The molecule has 2 aromatic heterocycles. The average molecular weight is 336 g/mol. The van der Waals surface area contributed by atoms with Gasteiger partial charge in [-0.3, -0.25) is 4.40 Å². The molecule has 1 atom stereocenters. The van der Waals surface area contributed by atoms with Crippen LogP contribution in [-0.2, 0) is 0 Å². The number of aromatic nitrogens is 3. The molecule has 1 unspecified atom stereocenters. The Kier molecular flexibility index (Phi) is 3.96. The summed E-state index contributed by atoms with van der Waals surface area (Å²) in [7, 11) is 2.17. The normalized spacial score (nSPS) is 18.8. The largest absolute Gasteiger partial charge is 0.507 e. The fraction of sp³-hybridized carbons (Fsp3) is 0.400. The highest BCUT2D eigenvalue weighted by molar-refractivity contribution is 5.72. The quantitative estimate of drug-likeness (QED) is 0.778. The minimum Gasteiger partial charge on any atom is -0.507 e. The minimum atomic E-state index is 0.273. The van der Waals surface area contributed by atoms with Crippen molar-refractivity contribution in [1.82, 2.24) is 19.3 Å². The maximum Gasteiger partial charge on any atom is 0.234 e. The molecule has 0 spiro atoms. The first-order valence-electron chi connectivity index (χ1n) is 8.86. The number of phenolic OH excluding ortho intramolecular Hbond substituents is 1. The van der Waals surface area contributed by atoms with Crippen LogP contribution in [-0.4, -0.2) is 44.5 Å².